The summed E-state index contributed by atoms with van der Waals surface area (Å²) in [6.07, 6.45) is 8.47. The summed E-state index contributed by atoms with van der Waals surface area (Å²) in [4.78, 5) is 31.8. The minimum atomic E-state index is -0.674. The van der Waals surface area contributed by atoms with Gasteiger partial charge in [0.15, 0.2) is 11.5 Å². The third-order valence-electron chi connectivity index (χ3n) is 5.14. The molecule has 0 spiro atoms. The number of aliphatic hydroxyl groups excluding tert-OH is 1. The van der Waals surface area contributed by atoms with Crippen molar-refractivity contribution in [1.82, 2.24) is 9.88 Å². The molecule has 0 bridgehead atoms. The molecule has 1 unspecified atom stereocenters. The van der Waals surface area contributed by atoms with E-state index in [1.54, 1.807) is 23.4 Å². The summed E-state index contributed by atoms with van der Waals surface area (Å²) in [6.45, 7) is 5.43. The molecule has 5 nitrogen and oxygen atoms in total. The average molecular weight is 342 g/mol. The van der Waals surface area contributed by atoms with Crippen LogP contribution in [0.25, 0.3) is 0 Å². The van der Waals surface area contributed by atoms with E-state index in [4.69, 9.17) is 0 Å². The predicted molar refractivity (Wildman–Crippen MR) is 94.8 cm³/mol. The lowest BCUT2D eigenvalue weighted by Crippen LogP contribution is -2.41. The zero-order chi connectivity index (χ0) is 18.2. The van der Waals surface area contributed by atoms with Crippen molar-refractivity contribution in [1.29, 1.82) is 0 Å². The molecule has 1 saturated carbocycles. The van der Waals surface area contributed by atoms with Crippen molar-refractivity contribution < 1.29 is 14.7 Å². The van der Waals surface area contributed by atoms with Gasteiger partial charge in [-0.05, 0) is 24.5 Å². The number of Topliss-reactive ketones (excluding diaryl/α,β-unsaturated/α-hetero) is 1. The molecule has 5 heteroatoms. The normalized spacial score (nSPS) is 22.6. The van der Waals surface area contributed by atoms with Crippen molar-refractivity contribution in [3.63, 3.8) is 0 Å². The van der Waals surface area contributed by atoms with Gasteiger partial charge >= 0.3 is 0 Å². The fourth-order valence-corrected chi connectivity index (χ4v) is 3.86. The predicted octanol–water partition coefficient (Wildman–Crippen LogP) is 3.72. The van der Waals surface area contributed by atoms with E-state index in [-0.39, 0.29) is 23.2 Å². The standard InChI is InChI=1S/C20H26N2O3/c1-20(2,3)18(24)15-16(13-8-7-11-21-12-13)22(19(25)17(15)23)14-9-5-4-6-10-14/h7-8,11-12,14,16,23H,4-6,9-10H2,1-3H3. The van der Waals surface area contributed by atoms with Crippen LogP contribution in [0.4, 0.5) is 0 Å². The zero-order valence-corrected chi connectivity index (χ0v) is 15.2. The SMILES string of the molecule is CC(C)(C)C(=O)C1=C(O)C(=O)N(C2CCCCC2)C1c1cccnc1. The van der Waals surface area contributed by atoms with Gasteiger partial charge in [0.05, 0.1) is 11.6 Å². The highest BCUT2D eigenvalue weighted by molar-refractivity contribution is 6.10. The lowest BCUT2D eigenvalue weighted by Gasteiger charge is -2.37. The molecule has 0 aromatic carbocycles. The maximum Gasteiger partial charge on any atom is 0.290 e. The number of carbonyl (C=O) groups is 2. The van der Waals surface area contributed by atoms with Crippen LogP contribution < -0.4 is 0 Å². The summed E-state index contributed by atoms with van der Waals surface area (Å²) in [7, 11) is 0. The second kappa shape index (κ2) is 6.62. The first kappa shape index (κ1) is 17.6. The molecule has 1 aromatic heterocycles. The van der Waals surface area contributed by atoms with Gasteiger partial charge in [-0.2, -0.15) is 0 Å². The van der Waals surface area contributed by atoms with Gasteiger partial charge < -0.3 is 10.0 Å². The number of ketones is 1. The van der Waals surface area contributed by atoms with Crippen molar-refractivity contribution >= 4 is 11.7 Å². The van der Waals surface area contributed by atoms with Crippen LogP contribution in [-0.4, -0.2) is 32.7 Å². The summed E-state index contributed by atoms with van der Waals surface area (Å²) in [6, 6.07) is 3.18. The molecule has 1 aromatic rings. The zero-order valence-electron chi connectivity index (χ0n) is 15.2. The highest BCUT2D eigenvalue weighted by atomic mass is 16.3. The van der Waals surface area contributed by atoms with E-state index in [2.05, 4.69) is 4.98 Å². The van der Waals surface area contributed by atoms with E-state index in [0.29, 0.717) is 0 Å². The molecule has 1 atom stereocenters. The van der Waals surface area contributed by atoms with Gasteiger partial charge in [-0.3, -0.25) is 14.6 Å². The van der Waals surface area contributed by atoms with Crippen LogP contribution in [0.3, 0.4) is 0 Å². The molecule has 1 fully saturated rings. The second-order valence-corrected chi connectivity index (χ2v) is 8.03. The Morgan fingerprint density at radius 3 is 2.48 bits per heavy atom. The van der Waals surface area contributed by atoms with E-state index >= 15 is 0 Å². The molecule has 25 heavy (non-hydrogen) atoms. The van der Waals surface area contributed by atoms with E-state index in [0.717, 1.165) is 31.2 Å². The maximum absolute atomic E-state index is 13.0. The summed E-state index contributed by atoms with van der Waals surface area (Å²) >= 11 is 0. The molecule has 0 saturated heterocycles. The lowest BCUT2D eigenvalue weighted by molar-refractivity contribution is -0.132. The molecular weight excluding hydrogens is 316 g/mol. The first-order valence-electron chi connectivity index (χ1n) is 9.03. The van der Waals surface area contributed by atoms with E-state index in [1.165, 1.54) is 6.42 Å². The summed E-state index contributed by atoms with van der Waals surface area (Å²) in [5.74, 6) is -1.00. The van der Waals surface area contributed by atoms with Gasteiger partial charge in [-0.25, -0.2) is 0 Å². The molecule has 134 valence electrons. The fourth-order valence-electron chi connectivity index (χ4n) is 3.86. The first-order chi connectivity index (χ1) is 11.8. The van der Waals surface area contributed by atoms with Gasteiger partial charge in [0, 0.05) is 23.9 Å². The number of aromatic nitrogens is 1. The number of amides is 1. The Balaban J connectivity index is 2.08. The molecule has 3 rings (SSSR count). The van der Waals surface area contributed by atoms with Gasteiger partial charge in [-0.1, -0.05) is 46.1 Å². The number of aliphatic hydroxyl groups is 1. The second-order valence-electron chi connectivity index (χ2n) is 8.03. The molecule has 2 aliphatic rings. The van der Waals surface area contributed by atoms with Crippen molar-refractivity contribution in [2.45, 2.75) is 65.0 Å². The quantitative estimate of drug-likeness (QED) is 0.909. The first-order valence-corrected chi connectivity index (χ1v) is 9.03. The van der Waals surface area contributed by atoms with Crippen LogP contribution in [0.2, 0.25) is 0 Å². The Labute approximate surface area is 148 Å². The lowest BCUT2D eigenvalue weighted by atomic mass is 9.82. The monoisotopic (exact) mass is 342 g/mol. The third-order valence-corrected chi connectivity index (χ3v) is 5.14. The number of pyridine rings is 1. The Kier molecular flexibility index (Phi) is 4.67. The summed E-state index contributed by atoms with van der Waals surface area (Å²) in [5, 5.41) is 10.6. The molecule has 2 heterocycles. The number of rotatable bonds is 3. The van der Waals surface area contributed by atoms with Gasteiger partial charge in [0.2, 0.25) is 0 Å². The highest BCUT2D eigenvalue weighted by Crippen LogP contribution is 2.43. The maximum atomic E-state index is 13.0. The Hall–Kier alpha value is -2.17. The Morgan fingerprint density at radius 2 is 1.92 bits per heavy atom. The van der Waals surface area contributed by atoms with Gasteiger partial charge in [0.1, 0.15) is 0 Å². The van der Waals surface area contributed by atoms with E-state index in [1.807, 2.05) is 26.8 Å². The molecule has 1 aliphatic carbocycles. The number of hydrogen-bond donors (Lipinski definition) is 1. The van der Waals surface area contributed by atoms with Crippen molar-refractivity contribution in [2.24, 2.45) is 5.41 Å². The molecule has 0 radical (unpaired) electrons. The van der Waals surface area contributed by atoms with Crippen LogP contribution >= 0.6 is 0 Å². The van der Waals surface area contributed by atoms with E-state index < -0.39 is 17.4 Å². The highest BCUT2D eigenvalue weighted by Gasteiger charge is 2.48. The summed E-state index contributed by atoms with van der Waals surface area (Å²) < 4.78 is 0. The largest absolute Gasteiger partial charge is 0.503 e. The molecule has 1 aliphatic heterocycles. The molecule has 1 N–H and O–H groups in total. The van der Waals surface area contributed by atoms with Crippen LogP contribution in [0, 0.1) is 5.41 Å². The smallest absolute Gasteiger partial charge is 0.290 e. The van der Waals surface area contributed by atoms with Crippen LogP contribution in [0.5, 0.6) is 0 Å². The van der Waals surface area contributed by atoms with Gasteiger partial charge in [-0.15, -0.1) is 0 Å². The number of nitrogens with zero attached hydrogens (tertiary/aromatic N) is 2. The molecule has 1 amide bonds. The fraction of sp³-hybridized carbons (Fsp3) is 0.550. The van der Waals surface area contributed by atoms with Crippen molar-refractivity contribution in [3.8, 4) is 0 Å². The molecular formula is C20H26N2O3. The van der Waals surface area contributed by atoms with Crippen LogP contribution in [0.15, 0.2) is 35.9 Å². The van der Waals surface area contributed by atoms with Gasteiger partial charge in [0.25, 0.3) is 5.91 Å². The van der Waals surface area contributed by atoms with Crippen LogP contribution in [0.1, 0.15) is 64.5 Å². The minimum Gasteiger partial charge on any atom is -0.503 e. The average Bonchev–Trinajstić information content (AvgIpc) is 2.86. The van der Waals surface area contributed by atoms with Crippen molar-refractivity contribution in [2.75, 3.05) is 0 Å². The Morgan fingerprint density at radius 1 is 1.24 bits per heavy atom. The van der Waals surface area contributed by atoms with Crippen LogP contribution in [-0.2, 0) is 9.59 Å². The van der Waals surface area contributed by atoms with E-state index in [9.17, 15) is 14.7 Å². The summed E-state index contributed by atoms with van der Waals surface area (Å²) in [5.41, 5.74) is 0.321. The number of carbonyl (C=O) groups excluding carboxylic acids is 2. The Bertz CT molecular complexity index is 697. The number of hydrogen-bond acceptors (Lipinski definition) is 4. The topological polar surface area (TPSA) is 70.5 Å². The third kappa shape index (κ3) is 3.20. The van der Waals surface area contributed by atoms with Crippen molar-refractivity contribution in [3.05, 3.63) is 41.4 Å². The minimum absolute atomic E-state index is 0.0545.